The van der Waals surface area contributed by atoms with Crippen LogP contribution in [-0.2, 0) is 0 Å². The molecule has 0 heterocycles. The molecule has 0 aliphatic heterocycles. The minimum absolute atomic E-state index is 0.0715. The average molecular weight is 369 g/mol. The molecule has 10 heteroatoms. The van der Waals surface area contributed by atoms with E-state index in [4.69, 9.17) is 23.8 Å². The smallest absolute Gasteiger partial charge is 0.305 e. The van der Waals surface area contributed by atoms with Gasteiger partial charge in [-0.3, -0.25) is 25.8 Å². The van der Waals surface area contributed by atoms with Crippen LogP contribution in [0.15, 0.2) is 42.5 Å². The number of carbonyl (C=O) groups is 1. The van der Waals surface area contributed by atoms with E-state index in [0.29, 0.717) is 10.7 Å². The van der Waals surface area contributed by atoms with Gasteiger partial charge in [0.1, 0.15) is 0 Å². The Labute approximate surface area is 145 Å². The van der Waals surface area contributed by atoms with Crippen LogP contribution in [0.2, 0.25) is 5.02 Å². The van der Waals surface area contributed by atoms with Crippen LogP contribution in [0.25, 0.3) is 0 Å². The van der Waals surface area contributed by atoms with Gasteiger partial charge in [0.15, 0.2) is 5.11 Å². The first-order valence-electron chi connectivity index (χ1n) is 6.43. The molecular weight excluding hydrogens is 359 g/mol. The number of nitrogens with one attached hydrogen (secondary N) is 3. The second-order valence-corrected chi connectivity index (χ2v) is 5.31. The highest BCUT2D eigenvalue weighted by molar-refractivity contribution is 7.80. The zero-order valence-electron chi connectivity index (χ0n) is 11.9. The number of hydrogen-bond donors (Lipinski definition) is 3. The van der Waals surface area contributed by atoms with Gasteiger partial charge >= 0.3 is 5.69 Å². The highest BCUT2D eigenvalue weighted by atomic mass is 35.5. The van der Waals surface area contributed by atoms with Gasteiger partial charge in [0.2, 0.25) is 5.82 Å². The fraction of sp³-hybridized carbons (Fsp3) is 0. The second kappa shape index (κ2) is 7.66. The summed E-state index contributed by atoms with van der Waals surface area (Å²) in [6, 6.07) is 9.53. The van der Waals surface area contributed by atoms with Gasteiger partial charge in [0, 0.05) is 22.3 Å². The SMILES string of the molecule is O=C(NNC(=S)Nc1cccc(Cl)c1)c1ccc(F)c([N+](=O)[O-])c1. The van der Waals surface area contributed by atoms with Crippen LogP contribution < -0.4 is 16.2 Å². The van der Waals surface area contributed by atoms with Gasteiger partial charge in [-0.2, -0.15) is 4.39 Å². The molecule has 3 N–H and O–H groups in total. The number of nitro benzene ring substituents is 1. The average Bonchev–Trinajstić information content (AvgIpc) is 2.52. The number of carbonyl (C=O) groups excluding carboxylic acids is 1. The van der Waals surface area contributed by atoms with Crippen LogP contribution in [0.5, 0.6) is 0 Å². The third-order valence-electron chi connectivity index (χ3n) is 2.78. The second-order valence-electron chi connectivity index (χ2n) is 4.47. The summed E-state index contributed by atoms with van der Waals surface area (Å²) < 4.78 is 13.2. The summed E-state index contributed by atoms with van der Waals surface area (Å²) in [5, 5.41) is 14.0. The summed E-state index contributed by atoms with van der Waals surface area (Å²) in [6.45, 7) is 0. The van der Waals surface area contributed by atoms with E-state index in [9.17, 15) is 19.3 Å². The van der Waals surface area contributed by atoms with Crippen molar-refractivity contribution in [1.29, 1.82) is 0 Å². The Bertz CT molecular complexity index is 818. The minimum Gasteiger partial charge on any atom is -0.331 e. The number of benzene rings is 2. The quantitative estimate of drug-likeness (QED) is 0.438. The molecule has 7 nitrogen and oxygen atoms in total. The summed E-state index contributed by atoms with van der Waals surface area (Å²) in [6.07, 6.45) is 0. The van der Waals surface area contributed by atoms with Crippen molar-refractivity contribution in [3.8, 4) is 0 Å². The van der Waals surface area contributed by atoms with Gasteiger partial charge in [-0.05, 0) is 42.5 Å². The summed E-state index contributed by atoms with van der Waals surface area (Å²) in [4.78, 5) is 21.7. The Morgan fingerprint density at radius 3 is 2.62 bits per heavy atom. The van der Waals surface area contributed by atoms with E-state index in [1.807, 2.05) is 0 Å². The number of halogens is 2. The molecule has 0 aromatic heterocycles. The van der Waals surface area contributed by atoms with Gasteiger partial charge in [0.05, 0.1) is 4.92 Å². The Morgan fingerprint density at radius 2 is 1.96 bits per heavy atom. The number of hydrogen-bond acceptors (Lipinski definition) is 4. The van der Waals surface area contributed by atoms with Crippen molar-refractivity contribution in [1.82, 2.24) is 10.9 Å². The van der Waals surface area contributed by atoms with E-state index in [-0.39, 0.29) is 10.7 Å². The maximum atomic E-state index is 13.2. The molecule has 0 radical (unpaired) electrons. The molecule has 124 valence electrons. The van der Waals surface area contributed by atoms with Crippen LogP contribution in [0.4, 0.5) is 15.8 Å². The molecule has 2 aromatic rings. The summed E-state index contributed by atoms with van der Waals surface area (Å²) in [7, 11) is 0. The van der Waals surface area contributed by atoms with E-state index < -0.39 is 22.3 Å². The first-order chi connectivity index (χ1) is 11.4. The van der Waals surface area contributed by atoms with E-state index in [1.54, 1.807) is 24.3 Å². The van der Waals surface area contributed by atoms with Crippen molar-refractivity contribution >= 4 is 46.2 Å². The largest absolute Gasteiger partial charge is 0.331 e. The Hall–Kier alpha value is -2.78. The lowest BCUT2D eigenvalue weighted by atomic mass is 10.2. The van der Waals surface area contributed by atoms with Crippen molar-refractivity contribution in [2.75, 3.05) is 5.32 Å². The van der Waals surface area contributed by atoms with E-state index in [1.165, 1.54) is 0 Å². The van der Waals surface area contributed by atoms with Crippen LogP contribution in [0, 0.1) is 15.9 Å². The number of nitro groups is 1. The topological polar surface area (TPSA) is 96.3 Å². The summed E-state index contributed by atoms with van der Waals surface area (Å²) >= 11 is 10.8. The molecule has 0 spiro atoms. The fourth-order valence-electron chi connectivity index (χ4n) is 1.71. The number of anilines is 1. The number of thiocarbonyl (C=S) groups is 1. The van der Waals surface area contributed by atoms with Crippen LogP contribution in [0.3, 0.4) is 0 Å². The standard InChI is InChI=1S/C14H10ClFN4O3S/c15-9-2-1-3-10(7-9)17-14(24)19-18-13(21)8-4-5-11(16)12(6-8)20(22)23/h1-7H,(H,18,21)(H2,17,19,24). The predicted octanol–water partition coefficient (Wildman–Crippen LogP) is 3.02. The first-order valence-corrected chi connectivity index (χ1v) is 7.22. The molecule has 2 aromatic carbocycles. The molecule has 0 unspecified atom stereocenters. The minimum atomic E-state index is -1.03. The summed E-state index contributed by atoms with van der Waals surface area (Å²) in [5.41, 5.74) is 4.39. The predicted molar refractivity (Wildman–Crippen MR) is 91.3 cm³/mol. The zero-order chi connectivity index (χ0) is 17.7. The van der Waals surface area contributed by atoms with Crippen molar-refractivity contribution in [3.05, 3.63) is 69.0 Å². The molecule has 0 aliphatic carbocycles. The molecule has 0 saturated carbocycles. The highest BCUT2D eigenvalue weighted by Gasteiger charge is 2.17. The lowest BCUT2D eigenvalue weighted by molar-refractivity contribution is -0.387. The third-order valence-corrected chi connectivity index (χ3v) is 3.22. The fourth-order valence-corrected chi connectivity index (χ4v) is 2.07. The monoisotopic (exact) mass is 368 g/mol. The zero-order valence-corrected chi connectivity index (χ0v) is 13.5. The number of nitrogens with zero attached hydrogens (tertiary/aromatic N) is 1. The van der Waals surface area contributed by atoms with Gasteiger partial charge in [0.25, 0.3) is 5.91 Å². The van der Waals surface area contributed by atoms with E-state index in [0.717, 1.165) is 18.2 Å². The Morgan fingerprint density at radius 1 is 1.21 bits per heavy atom. The molecular formula is C14H10ClFN4O3S. The van der Waals surface area contributed by atoms with Gasteiger partial charge < -0.3 is 5.32 Å². The molecule has 1 amide bonds. The third kappa shape index (κ3) is 4.61. The lowest BCUT2D eigenvalue weighted by Gasteiger charge is -2.11. The molecule has 2 rings (SSSR count). The van der Waals surface area contributed by atoms with Crippen molar-refractivity contribution in [2.45, 2.75) is 0 Å². The molecule has 0 saturated heterocycles. The highest BCUT2D eigenvalue weighted by Crippen LogP contribution is 2.18. The molecule has 0 bridgehead atoms. The summed E-state index contributed by atoms with van der Waals surface area (Å²) in [5.74, 6) is -1.74. The maximum Gasteiger partial charge on any atom is 0.305 e. The molecule has 0 fully saturated rings. The van der Waals surface area contributed by atoms with Crippen molar-refractivity contribution < 1.29 is 14.1 Å². The van der Waals surface area contributed by atoms with Crippen LogP contribution in [-0.4, -0.2) is 15.9 Å². The van der Waals surface area contributed by atoms with Gasteiger partial charge in [-0.1, -0.05) is 17.7 Å². The number of rotatable bonds is 3. The lowest BCUT2D eigenvalue weighted by Crippen LogP contribution is -2.43. The van der Waals surface area contributed by atoms with Gasteiger partial charge in [-0.15, -0.1) is 0 Å². The maximum absolute atomic E-state index is 13.2. The molecule has 24 heavy (non-hydrogen) atoms. The van der Waals surface area contributed by atoms with Crippen molar-refractivity contribution in [2.24, 2.45) is 0 Å². The van der Waals surface area contributed by atoms with Crippen LogP contribution >= 0.6 is 23.8 Å². The molecule has 0 aliphatic rings. The number of hydrazine groups is 1. The normalized spacial score (nSPS) is 9.92. The Kier molecular flexibility index (Phi) is 5.61. The Balaban J connectivity index is 1.96. The van der Waals surface area contributed by atoms with Crippen molar-refractivity contribution in [3.63, 3.8) is 0 Å². The van der Waals surface area contributed by atoms with Crippen LogP contribution in [0.1, 0.15) is 10.4 Å². The van der Waals surface area contributed by atoms with E-state index >= 15 is 0 Å². The first kappa shape index (κ1) is 17.6. The molecule has 0 atom stereocenters. The van der Waals surface area contributed by atoms with E-state index in [2.05, 4.69) is 16.2 Å². The number of amides is 1. The van der Waals surface area contributed by atoms with Gasteiger partial charge in [-0.25, -0.2) is 0 Å².